The Kier molecular flexibility index (Phi) is 5.45. The monoisotopic (exact) mass is 415 g/mol. The molecule has 154 valence electrons. The van der Waals surface area contributed by atoms with Gasteiger partial charge in [-0.25, -0.2) is 8.42 Å². The van der Waals surface area contributed by atoms with Crippen LogP contribution in [0.4, 0.5) is 0 Å². The van der Waals surface area contributed by atoms with Crippen LogP contribution in [0.5, 0.6) is 0 Å². The number of fused-ring (bicyclic) bond motifs is 1. The number of benzene rings is 1. The number of aliphatic imine (C=N–C) groups is 1. The van der Waals surface area contributed by atoms with Crippen molar-refractivity contribution in [1.82, 2.24) is 9.62 Å². The summed E-state index contributed by atoms with van der Waals surface area (Å²) in [4.78, 5) is 19.4. The van der Waals surface area contributed by atoms with Gasteiger partial charge in [0.05, 0.1) is 10.9 Å². The molecule has 1 unspecified atom stereocenters. The predicted molar refractivity (Wildman–Crippen MR) is 109 cm³/mol. The molecular formula is C21H25N3O4S. The minimum absolute atomic E-state index is 0.0990. The molecule has 1 atom stereocenters. The number of hydrogen-bond donors (Lipinski definition) is 1. The third-order valence-corrected chi connectivity index (χ3v) is 6.86. The minimum atomic E-state index is -3.61. The quantitative estimate of drug-likeness (QED) is 0.831. The molecule has 0 aliphatic carbocycles. The Bertz CT molecular complexity index is 1040. The van der Waals surface area contributed by atoms with Crippen LogP contribution in [-0.4, -0.2) is 38.2 Å². The van der Waals surface area contributed by atoms with Crippen molar-refractivity contribution in [3.63, 3.8) is 0 Å². The number of aryl methyl sites for hydroxylation is 1. The summed E-state index contributed by atoms with van der Waals surface area (Å²) in [5, 5.41) is 0. The smallest absolute Gasteiger partial charge is 0.263 e. The van der Waals surface area contributed by atoms with Crippen LogP contribution in [0.25, 0.3) is 0 Å². The number of amides is 1. The van der Waals surface area contributed by atoms with Gasteiger partial charge in [0.25, 0.3) is 10.0 Å². The Hall–Kier alpha value is -2.61. The van der Waals surface area contributed by atoms with E-state index < -0.39 is 10.0 Å². The van der Waals surface area contributed by atoms with Gasteiger partial charge in [-0.3, -0.25) is 14.5 Å². The van der Waals surface area contributed by atoms with E-state index in [2.05, 4.69) is 9.71 Å². The van der Waals surface area contributed by atoms with Crippen molar-refractivity contribution in [2.24, 2.45) is 4.99 Å². The van der Waals surface area contributed by atoms with Crippen LogP contribution in [0, 0.1) is 0 Å². The fourth-order valence-corrected chi connectivity index (χ4v) is 5.21. The highest BCUT2D eigenvalue weighted by atomic mass is 32.2. The maximum atomic E-state index is 13.0. The second-order valence-corrected chi connectivity index (χ2v) is 9.03. The molecule has 2 aliphatic rings. The van der Waals surface area contributed by atoms with E-state index in [1.807, 2.05) is 24.0 Å². The van der Waals surface area contributed by atoms with E-state index in [1.165, 1.54) is 6.07 Å². The third kappa shape index (κ3) is 3.94. The number of carbonyl (C=O) groups is 1. The van der Waals surface area contributed by atoms with Gasteiger partial charge in [-0.1, -0.05) is 31.9 Å². The summed E-state index contributed by atoms with van der Waals surface area (Å²) in [6.45, 7) is 2.58. The van der Waals surface area contributed by atoms with E-state index in [0.717, 1.165) is 43.6 Å². The van der Waals surface area contributed by atoms with Crippen molar-refractivity contribution in [2.75, 3.05) is 13.1 Å². The standard InChI is InChI=1S/C21H25N3O4S/c1-2-15-11-12-18(28-15)17-9-4-3-7-13-24(17)20(25)14-22-21-16-8-5-6-10-19(16)29(26,27)23-21/h5-6,8,10-12,17H,2-4,7,9,13-14H2,1H3,(H,22,23). The Morgan fingerprint density at radius 1 is 1.21 bits per heavy atom. The normalized spacial score (nSPS) is 22.2. The summed E-state index contributed by atoms with van der Waals surface area (Å²) in [5.74, 6) is 1.83. The van der Waals surface area contributed by atoms with Gasteiger partial charge in [-0.15, -0.1) is 0 Å². The second kappa shape index (κ2) is 8.02. The largest absolute Gasteiger partial charge is 0.464 e. The minimum Gasteiger partial charge on any atom is -0.464 e. The summed E-state index contributed by atoms with van der Waals surface area (Å²) < 4.78 is 32.8. The van der Waals surface area contributed by atoms with Crippen molar-refractivity contribution in [2.45, 2.75) is 50.0 Å². The first kappa shape index (κ1) is 19.7. The van der Waals surface area contributed by atoms with E-state index in [9.17, 15) is 13.2 Å². The molecular weight excluding hydrogens is 390 g/mol. The summed E-state index contributed by atoms with van der Waals surface area (Å²) in [6.07, 6.45) is 4.72. The molecule has 2 aromatic rings. The van der Waals surface area contributed by atoms with Gasteiger partial charge < -0.3 is 9.32 Å². The van der Waals surface area contributed by atoms with Gasteiger partial charge in [0.15, 0.2) is 0 Å². The predicted octanol–water partition coefficient (Wildman–Crippen LogP) is 3.02. The molecule has 1 fully saturated rings. The van der Waals surface area contributed by atoms with Crippen molar-refractivity contribution in [3.8, 4) is 0 Å². The lowest BCUT2D eigenvalue weighted by Gasteiger charge is -2.28. The number of furan rings is 1. The number of rotatable bonds is 4. The van der Waals surface area contributed by atoms with Gasteiger partial charge in [0.1, 0.15) is 23.9 Å². The van der Waals surface area contributed by atoms with Crippen LogP contribution < -0.4 is 4.72 Å². The molecule has 29 heavy (non-hydrogen) atoms. The van der Waals surface area contributed by atoms with Crippen LogP contribution >= 0.6 is 0 Å². The molecule has 1 saturated heterocycles. The zero-order valence-corrected chi connectivity index (χ0v) is 17.2. The van der Waals surface area contributed by atoms with Gasteiger partial charge >= 0.3 is 0 Å². The molecule has 2 aliphatic heterocycles. The maximum absolute atomic E-state index is 13.0. The number of nitrogens with zero attached hydrogens (tertiary/aromatic N) is 2. The topological polar surface area (TPSA) is 92.0 Å². The first-order valence-corrected chi connectivity index (χ1v) is 11.5. The zero-order chi connectivity index (χ0) is 20.4. The molecule has 0 saturated carbocycles. The van der Waals surface area contributed by atoms with E-state index in [0.29, 0.717) is 12.1 Å². The summed E-state index contributed by atoms with van der Waals surface area (Å²) in [7, 11) is -3.61. The Balaban J connectivity index is 1.55. The molecule has 1 N–H and O–H groups in total. The lowest BCUT2D eigenvalue weighted by molar-refractivity contribution is -0.132. The number of likely N-dealkylation sites (tertiary alicyclic amines) is 1. The number of amidine groups is 1. The average molecular weight is 416 g/mol. The summed E-state index contributed by atoms with van der Waals surface area (Å²) >= 11 is 0. The molecule has 4 rings (SSSR count). The molecule has 0 bridgehead atoms. The molecule has 0 radical (unpaired) electrons. The lowest BCUT2D eigenvalue weighted by atomic mass is 10.1. The van der Waals surface area contributed by atoms with Crippen LogP contribution in [-0.2, 0) is 21.2 Å². The van der Waals surface area contributed by atoms with Gasteiger partial charge in [0, 0.05) is 18.5 Å². The van der Waals surface area contributed by atoms with E-state index in [1.54, 1.807) is 18.2 Å². The Labute approximate surface area is 170 Å². The molecule has 7 nitrogen and oxygen atoms in total. The SMILES string of the molecule is CCc1ccc(C2CCCCCN2C(=O)CN=C2NS(=O)(=O)c3ccccc32)o1. The summed E-state index contributed by atoms with van der Waals surface area (Å²) in [5.41, 5.74) is 0.506. The molecule has 1 aromatic heterocycles. The number of hydrogen-bond acceptors (Lipinski definition) is 5. The van der Waals surface area contributed by atoms with Crippen LogP contribution in [0.3, 0.4) is 0 Å². The van der Waals surface area contributed by atoms with Crippen molar-refractivity contribution in [1.29, 1.82) is 0 Å². The number of sulfonamides is 1. The third-order valence-electron chi connectivity index (χ3n) is 5.47. The molecule has 3 heterocycles. The maximum Gasteiger partial charge on any atom is 0.263 e. The van der Waals surface area contributed by atoms with Crippen LogP contribution in [0.1, 0.15) is 55.7 Å². The molecule has 1 amide bonds. The van der Waals surface area contributed by atoms with Gasteiger partial charge in [-0.2, -0.15) is 0 Å². The van der Waals surface area contributed by atoms with E-state index in [-0.39, 0.29) is 29.2 Å². The van der Waals surface area contributed by atoms with E-state index in [4.69, 9.17) is 4.42 Å². The van der Waals surface area contributed by atoms with Crippen molar-refractivity contribution < 1.29 is 17.6 Å². The highest BCUT2D eigenvalue weighted by molar-refractivity contribution is 7.90. The van der Waals surface area contributed by atoms with Crippen molar-refractivity contribution >= 4 is 21.8 Å². The summed E-state index contributed by atoms with van der Waals surface area (Å²) in [6, 6.07) is 10.5. The zero-order valence-electron chi connectivity index (χ0n) is 16.4. The Morgan fingerprint density at radius 3 is 2.83 bits per heavy atom. The van der Waals surface area contributed by atoms with E-state index >= 15 is 0 Å². The second-order valence-electron chi connectivity index (χ2n) is 7.38. The fraction of sp³-hybridized carbons (Fsp3) is 0.429. The first-order valence-electron chi connectivity index (χ1n) is 10.0. The number of carbonyl (C=O) groups excluding carboxylic acids is 1. The van der Waals surface area contributed by atoms with Gasteiger partial charge in [-0.05, 0) is 37.1 Å². The van der Waals surface area contributed by atoms with Crippen molar-refractivity contribution in [3.05, 3.63) is 53.5 Å². The fourth-order valence-electron chi connectivity index (χ4n) is 3.96. The highest BCUT2D eigenvalue weighted by Gasteiger charge is 2.32. The van der Waals surface area contributed by atoms with Crippen LogP contribution in [0.2, 0.25) is 0 Å². The van der Waals surface area contributed by atoms with Crippen LogP contribution in [0.15, 0.2) is 50.7 Å². The average Bonchev–Trinajstić information content (AvgIpc) is 3.20. The lowest BCUT2D eigenvalue weighted by Crippen LogP contribution is -2.36. The first-order chi connectivity index (χ1) is 14.0. The number of nitrogens with one attached hydrogen (secondary N) is 1. The highest BCUT2D eigenvalue weighted by Crippen LogP contribution is 2.31. The van der Waals surface area contributed by atoms with Gasteiger partial charge in [0.2, 0.25) is 5.91 Å². The molecule has 0 spiro atoms. The Morgan fingerprint density at radius 2 is 2.03 bits per heavy atom. The molecule has 1 aromatic carbocycles. The molecule has 8 heteroatoms.